The predicted molar refractivity (Wildman–Crippen MR) is 78.0 cm³/mol. The SMILES string of the molecule is CCC1CCN(CCc2cccc(C)c2)CCN1. The Morgan fingerprint density at radius 1 is 1.33 bits per heavy atom. The molecule has 2 rings (SSSR count). The van der Waals surface area contributed by atoms with Crippen molar-refractivity contribution in [3.8, 4) is 0 Å². The lowest BCUT2D eigenvalue weighted by atomic mass is 10.1. The smallest absolute Gasteiger partial charge is 0.0107 e. The molecule has 0 aromatic heterocycles. The molecule has 1 N–H and O–H groups in total. The Bertz CT molecular complexity index is 362. The second-order valence-electron chi connectivity index (χ2n) is 5.43. The molecule has 1 aromatic carbocycles. The van der Waals surface area contributed by atoms with Gasteiger partial charge in [-0.05, 0) is 38.3 Å². The van der Waals surface area contributed by atoms with Crippen molar-refractivity contribution in [2.24, 2.45) is 0 Å². The van der Waals surface area contributed by atoms with Gasteiger partial charge in [0.15, 0.2) is 0 Å². The Hall–Kier alpha value is -0.860. The molecule has 0 aliphatic carbocycles. The van der Waals surface area contributed by atoms with Crippen molar-refractivity contribution in [2.45, 2.75) is 39.2 Å². The van der Waals surface area contributed by atoms with Crippen molar-refractivity contribution in [3.63, 3.8) is 0 Å². The lowest BCUT2D eigenvalue weighted by molar-refractivity contribution is 0.293. The molecule has 100 valence electrons. The van der Waals surface area contributed by atoms with E-state index in [-0.39, 0.29) is 0 Å². The van der Waals surface area contributed by atoms with Crippen LogP contribution in [0.15, 0.2) is 24.3 Å². The van der Waals surface area contributed by atoms with E-state index in [1.54, 1.807) is 0 Å². The summed E-state index contributed by atoms with van der Waals surface area (Å²) in [6, 6.07) is 9.63. The van der Waals surface area contributed by atoms with Gasteiger partial charge in [-0.2, -0.15) is 0 Å². The number of hydrogen-bond acceptors (Lipinski definition) is 2. The van der Waals surface area contributed by atoms with Crippen LogP contribution in [0, 0.1) is 6.92 Å². The fraction of sp³-hybridized carbons (Fsp3) is 0.625. The Morgan fingerprint density at radius 3 is 3.00 bits per heavy atom. The Labute approximate surface area is 111 Å². The van der Waals surface area contributed by atoms with Crippen LogP contribution in [0.3, 0.4) is 0 Å². The van der Waals surface area contributed by atoms with E-state index in [0.29, 0.717) is 0 Å². The quantitative estimate of drug-likeness (QED) is 0.878. The molecule has 1 atom stereocenters. The third-order valence-corrected chi connectivity index (χ3v) is 3.95. The highest BCUT2D eigenvalue weighted by molar-refractivity contribution is 5.22. The van der Waals surface area contributed by atoms with Gasteiger partial charge in [0.2, 0.25) is 0 Å². The first-order chi connectivity index (χ1) is 8.78. The lowest BCUT2D eigenvalue weighted by Gasteiger charge is -2.19. The molecule has 2 heteroatoms. The molecule has 1 saturated heterocycles. The minimum atomic E-state index is 0.731. The number of nitrogens with one attached hydrogen (secondary N) is 1. The van der Waals surface area contributed by atoms with Gasteiger partial charge in [-0.25, -0.2) is 0 Å². The number of hydrogen-bond donors (Lipinski definition) is 1. The van der Waals surface area contributed by atoms with Gasteiger partial charge in [0.05, 0.1) is 0 Å². The monoisotopic (exact) mass is 246 g/mol. The van der Waals surface area contributed by atoms with Crippen molar-refractivity contribution in [1.29, 1.82) is 0 Å². The molecule has 0 bridgehead atoms. The number of rotatable bonds is 4. The molecule has 1 aliphatic rings. The molecular formula is C16H26N2. The van der Waals surface area contributed by atoms with Crippen molar-refractivity contribution >= 4 is 0 Å². The van der Waals surface area contributed by atoms with Gasteiger partial charge >= 0.3 is 0 Å². The van der Waals surface area contributed by atoms with Gasteiger partial charge in [0.25, 0.3) is 0 Å². The summed E-state index contributed by atoms with van der Waals surface area (Å²) >= 11 is 0. The summed E-state index contributed by atoms with van der Waals surface area (Å²) in [5.41, 5.74) is 2.84. The van der Waals surface area contributed by atoms with Crippen LogP contribution in [-0.4, -0.2) is 37.1 Å². The molecule has 0 amide bonds. The van der Waals surface area contributed by atoms with E-state index in [1.807, 2.05) is 0 Å². The normalized spacial score (nSPS) is 21.8. The predicted octanol–water partition coefficient (Wildman–Crippen LogP) is 2.61. The van der Waals surface area contributed by atoms with Gasteiger partial charge in [-0.15, -0.1) is 0 Å². The maximum atomic E-state index is 3.63. The molecule has 18 heavy (non-hydrogen) atoms. The zero-order valence-corrected chi connectivity index (χ0v) is 11.8. The van der Waals surface area contributed by atoms with Crippen LogP contribution >= 0.6 is 0 Å². The highest BCUT2D eigenvalue weighted by Crippen LogP contribution is 2.08. The summed E-state index contributed by atoms with van der Waals surface area (Å²) in [6.45, 7) is 9.23. The van der Waals surface area contributed by atoms with E-state index in [1.165, 1.54) is 50.0 Å². The first kappa shape index (κ1) is 13.6. The third kappa shape index (κ3) is 4.11. The van der Waals surface area contributed by atoms with E-state index in [9.17, 15) is 0 Å². The van der Waals surface area contributed by atoms with E-state index >= 15 is 0 Å². The zero-order chi connectivity index (χ0) is 12.8. The van der Waals surface area contributed by atoms with Gasteiger partial charge < -0.3 is 10.2 Å². The minimum absolute atomic E-state index is 0.731. The van der Waals surface area contributed by atoms with Crippen LogP contribution in [-0.2, 0) is 6.42 Å². The van der Waals surface area contributed by atoms with Crippen LogP contribution in [0.5, 0.6) is 0 Å². The molecule has 1 aliphatic heterocycles. The molecule has 1 aromatic rings. The maximum absolute atomic E-state index is 3.63. The highest BCUT2D eigenvalue weighted by atomic mass is 15.2. The van der Waals surface area contributed by atoms with Crippen LogP contribution in [0.4, 0.5) is 0 Å². The fourth-order valence-electron chi connectivity index (χ4n) is 2.71. The van der Waals surface area contributed by atoms with Gasteiger partial charge in [0.1, 0.15) is 0 Å². The van der Waals surface area contributed by atoms with E-state index in [0.717, 1.165) is 12.6 Å². The second-order valence-corrected chi connectivity index (χ2v) is 5.43. The van der Waals surface area contributed by atoms with E-state index in [2.05, 4.69) is 48.3 Å². The van der Waals surface area contributed by atoms with Crippen LogP contribution < -0.4 is 5.32 Å². The summed E-state index contributed by atoms with van der Waals surface area (Å²) in [7, 11) is 0. The lowest BCUT2D eigenvalue weighted by Crippen LogP contribution is -2.31. The van der Waals surface area contributed by atoms with Crippen LogP contribution in [0.1, 0.15) is 30.9 Å². The van der Waals surface area contributed by atoms with E-state index in [4.69, 9.17) is 0 Å². The summed E-state index contributed by atoms with van der Waals surface area (Å²) in [5, 5.41) is 3.63. The van der Waals surface area contributed by atoms with Crippen LogP contribution in [0.25, 0.3) is 0 Å². The zero-order valence-electron chi connectivity index (χ0n) is 11.8. The Morgan fingerprint density at radius 2 is 2.22 bits per heavy atom. The molecular weight excluding hydrogens is 220 g/mol. The molecule has 0 spiro atoms. The van der Waals surface area contributed by atoms with Crippen molar-refractivity contribution in [2.75, 3.05) is 26.2 Å². The fourth-order valence-corrected chi connectivity index (χ4v) is 2.71. The molecule has 1 heterocycles. The van der Waals surface area contributed by atoms with Gasteiger partial charge in [-0.1, -0.05) is 36.8 Å². The molecule has 0 radical (unpaired) electrons. The van der Waals surface area contributed by atoms with Gasteiger partial charge in [0, 0.05) is 25.7 Å². The molecule has 2 nitrogen and oxygen atoms in total. The summed E-state index contributed by atoms with van der Waals surface area (Å²) in [4.78, 5) is 2.60. The number of aryl methyl sites for hydroxylation is 1. The first-order valence-electron chi connectivity index (χ1n) is 7.29. The maximum Gasteiger partial charge on any atom is 0.0107 e. The van der Waals surface area contributed by atoms with Crippen molar-refractivity contribution in [1.82, 2.24) is 10.2 Å². The van der Waals surface area contributed by atoms with Gasteiger partial charge in [-0.3, -0.25) is 0 Å². The Balaban J connectivity index is 1.79. The number of nitrogens with zero attached hydrogens (tertiary/aromatic N) is 1. The molecule has 1 unspecified atom stereocenters. The number of benzene rings is 1. The van der Waals surface area contributed by atoms with Crippen molar-refractivity contribution < 1.29 is 0 Å². The second kappa shape index (κ2) is 6.91. The minimum Gasteiger partial charge on any atom is -0.313 e. The topological polar surface area (TPSA) is 15.3 Å². The average Bonchev–Trinajstić information content (AvgIpc) is 2.61. The van der Waals surface area contributed by atoms with E-state index < -0.39 is 0 Å². The highest BCUT2D eigenvalue weighted by Gasteiger charge is 2.14. The largest absolute Gasteiger partial charge is 0.313 e. The average molecular weight is 246 g/mol. The summed E-state index contributed by atoms with van der Waals surface area (Å²) in [6.07, 6.45) is 3.73. The third-order valence-electron chi connectivity index (χ3n) is 3.95. The first-order valence-corrected chi connectivity index (χ1v) is 7.29. The molecule has 1 fully saturated rings. The standard InChI is InChI=1S/C16H26N2/c1-3-16-8-11-18(12-9-17-16)10-7-15-6-4-5-14(2)13-15/h4-6,13,16-17H,3,7-12H2,1-2H3. The summed E-state index contributed by atoms with van der Waals surface area (Å²) < 4.78 is 0. The van der Waals surface area contributed by atoms with Crippen LogP contribution in [0.2, 0.25) is 0 Å². The molecule has 0 saturated carbocycles. The summed E-state index contributed by atoms with van der Waals surface area (Å²) in [5.74, 6) is 0. The van der Waals surface area contributed by atoms with Crippen molar-refractivity contribution in [3.05, 3.63) is 35.4 Å². The Kier molecular flexibility index (Phi) is 5.21.